The lowest BCUT2D eigenvalue weighted by Gasteiger charge is -2.48. The highest BCUT2D eigenvalue weighted by Crippen LogP contribution is 2.49. The van der Waals surface area contributed by atoms with E-state index in [0.29, 0.717) is 95.7 Å². The van der Waals surface area contributed by atoms with Crippen LogP contribution in [0.1, 0.15) is 189 Å². The Morgan fingerprint density at radius 3 is 1.61 bits per heavy atom. The van der Waals surface area contributed by atoms with Crippen molar-refractivity contribution < 1.29 is 33.6 Å². The molecule has 0 spiro atoms. The van der Waals surface area contributed by atoms with Crippen LogP contribution in [-0.4, -0.2) is 117 Å². The minimum Gasteiger partial charge on any atom is -0.496 e. The van der Waals surface area contributed by atoms with Crippen LogP contribution in [0.3, 0.4) is 0 Å². The van der Waals surface area contributed by atoms with Crippen LogP contribution < -0.4 is 14.5 Å². The number of benzene rings is 4. The lowest BCUT2D eigenvalue weighted by atomic mass is 9.75. The van der Waals surface area contributed by atoms with Crippen molar-refractivity contribution in [2.45, 2.75) is 184 Å². The Kier molecular flexibility index (Phi) is 19.0. The third kappa shape index (κ3) is 13.0. The first-order valence-corrected chi connectivity index (χ1v) is 34.8. The monoisotopic (exact) mass is 1310 g/mol. The van der Waals surface area contributed by atoms with Gasteiger partial charge in [0.2, 0.25) is 0 Å². The molecule has 0 N–H and O–H groups in total. The van der Waals surface area contributed by atoms with Crippen molar-refractivity contribution in [2.24, 2.45) is 45.5 Å². The number of carbonyl (C=O) groups excluding carboxylic acids is 2. The summed E-state index contributed by atoms with van der Waals surface area (Å²) in [6.45, 7) is 37.2. The Hall–Kier alpha value is -8.62. The largest absolute Gasteiger partial charge is 0.496 e. The summed E-state index contributed by atoms with van der Waals surface area (Å²) in [4.78, 5) is 64.1. The van der Waals surface area contributed by atoms with E-state index in [9.17, 15) is 20.1 Å². The van der Waals surface area contributed by atoms with Gasteiger partial charge in [-0.2, -0.15) is 19.9 Å². The first-order valence-electron chi connectivity index (χ1n) is 34.8. The number of nitrogens with zero attached hydrogens (tertiary/aromatic N) is 12. The quantitative estimate of drug-likeness (QED) is 0.0257. The Bertz CT molecular complexity index is 4300. The van der Waals surface area contributed by atoms with Crippen LogP contribution in [0.4, 0.5) is 22.7 Å². The van der Waals surface area contributed by atoms with Crippen LogP contribution in [0.25, 0.3) is 33.9 Å². The van der Waals surface area contributed by atoms with E-state index in [1.165, 1.54) is 0 Å². The Morgan fingerprint density at radius 1 is 0.629 bits per heavy atom. The minimum absolute atomic E-state index is 0.0204. The topological polar surface area (TPSA) is 220 Å². The lowest BCUT2D eigenvalue weighted by Crippen LogP contribution is -2.50. The fourth-order valence-electron chi connectivity index (χ4n) is 17.1. The van der Waals surface area contributed by atoms with Crippen molar-refractivity contribution in [3.63, 3.8) is 0 Å². The minimum atomic E-state index is -0.596. The van der Waals surface area contributed by atoms with E-state index >= 15 is 0 Å². The second kappa shape index (κ2) is 27.0. The Balaban J connectivity index is 0.789. The number of anilines is 2. The second-order valence-corrected chi connectivity index (χ2v) is 30.3. The fraction of sp³-hybridized carbons (Fsp3) is 0.513. The van der Waals surface area contributed by atoms with Crippen molar-refractivity contribution >= 4 is 57.8 Å². The van der Waals surface area contributed by atoms with Gasteiger partial charge < -0.3 is 24.0 Å². The molecular weight excluding hydrogens is 1220 g/mol. The summed E-state index contributed by atoms with van der Waals surface area (Å²) in [6.07, 6.45) is 6.22. The van der Waals surface area contributed by atoms with E-state index in [1.807, 2.05) is 51.1 Å². The summed E-state index contributed by atoms with van der Waals surface area (Å²) in [6, 6.07) is 24.8. The molecule has 2 fully saturated rings. The van der Waals surface area contributed by atoms with Crippen LogP contribution in [-0.2, 0) is 24.0 Å². The van der Waals surface area contributed by atoms with E-state index in [0.717, 1.165) is 112 Å². The number of carbonyl (C=O) groups is 2. The molecule has 6 heterocycles. The average molecular weight is 1310 g/mol. The summed E-state index contributed by atoms with van der Waals surface area (Å²) < 4.78 is 21.8. The van der Waals surface area contributed by atoms with Crippen molar-refractivity contribution in [3.8, 4) is 40.7 Å². The molecule has 6 atom stereocenters. The number of aliphatic imine (C=N–C) groups is 2. The van der Waals surface area contributed by atoms with Gasteiger partial charge in [0, 0.05) is 57.8 Å². The number of aromatic nitrogens is 6. The molecule has 0 radical (unpaired) electrons. The van der Waals surface area contributed by atoms with Crippen LogP contribution in [0.15, 0.2) is 81.8 Å². The van der Waals surface area contributed by atoms with E-state index in [4.69, 9.17) is 54.1 Å². The zero-order valence-electron chi connectivity index (χ0n) is 59.6. The molecule has 4 aliphatic heterocycles. The van der Waals surface area contributed by atoms with Gasteiger partial charge in [-0.15, -0.1) is 10.2 Å². The van der Waals surface area contributed by atoms with Gasteiger partial charge in [-0.3, -0.25) is 4.79 Å². The first-order chi connectivity index (χ1) is 46.2. The molecule has 6 aliphatic rings. The normalized spacial score (nSPS) is 25.6. The maximum atomic E-state index is 14.6. The van der Waals surface area contributed by atoms with Crippen molar-refractivity contribution in [3.05, 3.63) is 122 Å². The van der Waals surface area contributed by atoms with Crippen LogP contribution in [0, 0.1) is 85.9 Å². The summed E-state index contributed by atoms with van der Waals surface area (Å²) in [5, 5.41) is 31.9. The van der Waals surface area contributed by atoms with Crippen LogP contribution in [0.2, 0.25) is 0 Å². The molecule has 4 aromatic carbocycles. The standard InChI is InChI=1S/C78H94N12O7/c1-42-26-48(7)68(49(8)27-42)96-76(92)67-60(39-80)73(90-75(67)84-71(86-90)55-20-21-66(93-17)47(6)31-55)82-63-35-58-53(12)37-78(15,16)88(65(58)33-46(63)5)23-25-94-24-22-87-64-32-45(4)62(34-57(64)52(11)36-77(87,13)14)81-72-59(38-79)61(41-95-97-69-50(9)28-43(2)29-51(69)10)74-83-70(85-89(72)74)54-18-19-56(40-91)44(3)30-54/h18-21,30-35,40,42-43,48-53,68-69H,22-29,36-37,41H2,1-17H3. The Morgan fingerprint density at radius 2 is 1.11 bits per heavy atom. The number of methoxy groups -OCH3 is 1. The predicted molar refractivity (Wildman–Crippen MR) is 379 cm³/mol. The number of aryl methyl sites for hydroxylation is 4. The molecule has 6 aromatic rings. The molecule has 19 nitrogen and oxygen atoms in total. The smallest absolute Gasteiger partial charge is 0.343 e. The molecule has 0 bridgehead atoms. The third-order valence-corrected chi connectivity index (χ3v) is 21.6. The van der Waals surface area contributed by atoms with Crippen LogP contribution in [0.5, 0.6) is 5.75 Å². The second-order valence-electron chi connectivity index (χ2n) is 30.3. The van der Waals surface area contributed by atoms with Crippen molar-refractivity contribution in [1.29, 1.82) is 10.5 Å². The van der Waals surface area contributed by atoms with Gasteiger partial charge in [-0.25, -0.2) is 34.5 Å². The molecule has 97 heavy (non-hydrogen) atoms. The van der Waals surface area contributed by atoms with Gasteiger partial charge in [0.1, 0.15) is 53.6 Å². The van der Waals surface area contributed by atoms with Gasteiger partial charge >= 0.3 is 5.97 Å². The molecular formula is C78H94N12O7. The lowest BCUT2D eigenvalue weighted by molar-refractivity contribution is -0.338. The highest BCUT2D eigenvalue weighted by molar-refractivity contribution is 6.30. The molecule has 6 unspecified atom stereocenters. The zero-order valence-corrected chi connectivity index (χ0v) is 59.6. The number of fused-ring (bicyclic) bond motifs is 4. The van der Waals surface area contributed by atoms with Gasteiger partial charge in [-0.1, -0.05) is 67.5 Å². The number of rotatable bonds is 18. The highest BCUT2D eigenvalue weighted by atomic mass is 17.2. The number of nitriles is 2. The predicted octanol–water partition coefficient (Wildman–Crippen LogP) is 15.5. The molecule has 2 aromatic heterocycles. The van der Waals surface area contributed by atoms with Gasteiger partial charge in [0.05, 0.1) is 37.8 Å². The molecule has 19 heteroatoms. The van der Waals surface area contributed by atoms with Crippen molar-refractivity contribution in [2.75, 3.05) is 49.8 Å². The molecule has 2 saturated carbocycles. The maximum Gasteiger partial charge on any atom is 0.343 e. The Labute approximate surface area is 571 Å². The van der Waals surface area contributed by atoms with Gasteiger partial charge in [-0.05, 0) is 223 Å². The molecule has 0 amide bonds. The number of allylic oxidation sites excluding steroid dienone is 2. The van der Waals surface area contributed by atoms with Crippen LogP contribution >= 0.6 is 0 Å². The van der Waals surface area contributed by atoms with E-state index in [-0.39, 0.29) is 76.4 Å². The molecule has 12 rings (SSSR count). The van der Waals surface area contributed by atoms with Crippen molar-refractivity contribution in [1.82, 2.24) is 29.5 Å². The summed E-state index contributed by atoms with van der Waals surface area (Å²) >= 11 is 0. The summed E-state index contributed by atoms with van der Waals surface area (Å²) in [5.41, 5.74) is 12.2. The zero-order chi connectivity index (χ0) is 69.3. The van der Waals surface area contributed by atoms with E-state index < -0.39 is 5.97 Å². The molecule has 0 saturated heterocycles. The first kappa shape index (κ1) is 68.3. The number of ether oxygens (including phenoxy) is 3. The number of hydrogen-bond donors (Lipinski definition) is 0. The third-order valence-electron chi connectivity index (χ3n) is 21.6. The van der Waals surface area contributed by atoms with E-state index in [2.05, 4.69) is 136 Å². The van der Waals surface area contributed by atoms with Gasteiger partial charge in [0.25, 0.3) is 0 Å². The maximum absolute atomic E-state index is 14.6. The molecule has 508 valence electrons. The fourth-order valence-corrected chi connectivity index (χ4v) is 17.1. The highest BCUT2D eigenvalue weighted by Gasteiger charge is 2.44. The van der Waals surface area contributed by atoms with E-state index in [1.54, 1.807) is 22.5 Å². The van der Waals surface area contributed by atoms with Gasteiger partial charge in [0.15, 0.2) is 35.0 Å². The number of aldehydes is 1. The summed E-state index contributed by atoms with van der Waals surface area (Å²) in [7, 11) is 1.63. The summed E-state index contributed by atoms with van der Waals surface area (Å²) in [5.74, 6) is 4.67. The number of esters is 1. The molecule has 2 aliphatic carbocycles. The average Bonchev–Trinajstić information content (AvgIpc) is 1.75. The number of hydrogen-bond acceptors (Lipinski definition) is 17. The SMILES string of the molecule is COc1ccc(-c2nc3n(n2)C(=Nc2cc4c(cc2C)N(CCOCCN2c5cc(C)c(N=C6C(C#N)=C(COOC7C(C)CC(C)CC7C)c7nc(-c8ccc(C=O)c(C)c8)nn76)cc5C(C)CC2(C)C)C(C)(C)CC4C)C(C#N)=C3C(=O)OC2C(C)CC(C)CC2C)cc1C.